The first kappa shape index (κ1) is 18.0. The van der Waals surface area contributed by atoms with Crippen LogP contribution >= 0.6 is 0 Å². The SMILES string of the molecule is COC(=O)c1ccc2c(c1)CCN2C(=O)CCCOc1ccccc1C. The van der Waals surface area contributed by atoms with Crippen LogP contribution in [0, 0.1) is 6.92 Å². The number of ether oxygens (including phenoxy) is 2. The standard InChI is InChI=1S/C21H23NO4/c1-15-6-3-4-7-19(15)26-13-5-8-20(23)22-12-11-16-14-17(21(24)25-2)9-10-18(16)22/h3-4,6-7,9-10,14H,5,8,11-13H2,1-2H3. The molecule has 3 rings (SSSR count). The lowest BCUT2D eigenvalue weighted by Crippen LogP contribution is -2.28. The largest absolute Gasteiger partial charge is 0.493 e. The molecule has 0 saturated carbocycles. The topological polar surface area (TPSA) is 55.8 Å². The number of hydrogen-bond acceptors (Lipinski definition) is 4. The molecule has 0 aliphatic carbocycles. The molecule has 136 valence electrons. The predicted octanol–water partition coefficient (Wildman–Crippen LogP) is 3.53. The third-order valence-electron chi connectivity index (χ3n) is 4.58. The molecule has 1 aliphatic rings. The van der Waals surface area contributed by atoms with E-state index in [4.69, 9.17) is 9.47 Å². The Kier molecular flexibility index (Phi) is 5.56. The molecular weight excluding hydrogens is 330 g/mol. The van der Waals surface area contributed by atoms with Crippen LogP contribution in [0.3, 0.4) is 0 Å². The number of rotatable bonds is 6. The molecule has 5 heteroatoms. The highest BCUT2D eigenvalue weighted by Crippen LogP contribution is 2.29. The summed E-state index contributed by atoms with van der Waals surface area (Å²) in [6.07, 6.45) is 1.86. The highest BCUT2D eigenvalue weighted by Gasteiger charge is 2.25. The lowest BCUT2D eigenvalue weighted by molar-refractivity contribution is -0.118. The normalized spacial score (nSPS) is 12.6. The van der Waals surface area contributed by atoms with Gasteiger partial charge in [-0.25, -0.2) is 4.79 Å². The molecular formula is C21H23NO4. The van der Waals surface area contributed by atoms with Gasteiger partial charge in [0.1, 0.15) is 5.75 Å². The van der Waals surface area contributed by atoms with Crippen LogP contribution in [0.1, 0.15) is 34.3 Å². The highest BCUT2D eigenvalue weighted by atomic mass is 16.5. The number of para-hydroxylation sites is 1. The van der Waals surface area contributed by atoms with E-state index in [2.05, 4.69) is 0 Å². The zero-order valence-electron chi connectivity index (χ0n) is 15.2. The van der Waals surface area contributed by atoms with Gasteiger partial charge in [0.2, 0.25) is 5.91 Å². The Bertz CT molecular complexity index is 815. The van der Waals surface area contributed by atoms with Crippen molar-refractivity contribution >= 4 is 17.6 Å². The lowest BCUT2D eigenvalue weighted by atomic mass is 10.1. The number of esters is 1. The Morgan fingerprint density at radius 3 is 2.73 bits per heavy atom. The maximum atomic E-state index is 12.5. The molecule has 0 aromatic heterocycles. The van der Waals surface area contributed by atoms with Crippen LogP contribution in [-0.2, 0) is 16.0 Å². The smallest absolute Gasteiger partial charge is 0.337 e. The van der Waals surface area contributed by atoms with Gasteiger partial charge in [-0.15, -0.1) is 0 Å². The minimum absolute atomic E-state index is 0.0861. The van der Waals surface area contributed by atoms with Gasteiger partial charge in [0.25, 0.3) is 0 Å². The van der Waals surface area contributed by atoms with Crippen molar-refractivity contribution in [3.63, 3.8) is 0 Å². The number of fused-ring (bicyclic) bond motifs is 1. The van der Waals surface area contributed by atoms with Crippen molar-refractivity contribution in [1.29, 1.82) is 0 Å². The minimum Gasteiger partial charge on any atom is -0.493 e. The summed E-state index contributed by atoms with van der Waals surface area (Å²) in [5.41, 5.74) is 3.51. The van der Waals surface area contributed by atoms with E-state index in [1.807, 2.05) is 43.3 Å². The first-order valence-corrected chi connectivity index (χ1v) is 8.80. The van der Waals surface area contributed by atoms with E-state index in [0.717, 1.165) is 29.0 Å². The van der Waals surface area contributed by atoms with Crippen molar-refractivity contribution < 1.29 is 19.1 Å². The van der Waals surface area contributed by atoms with Gasteiger partial charge in [-0.2, -0.15) is 0 Å². The second-order valence-corrected chi connectivity index (χ2v) is 6.35. The molecule has 26 heavy (non-hydrogen) atoms. The summed E-state index contributed by atoms with van der Waals surface area (Å²) in [5, 5.41) is 0. The van der Waals surface area contributed by atoms with Gasteiger partial charge in [-0.1, -0.05) is 18.2 Å². The van der Waals surface area contributed by atoms with E-state index < -0.39 is 0 Å². The fraction of sp³-hybridized carbons (Fsp3) is 0.333. The van der Waals surface area contributed by atoms with Gasteiger partial charge in [-0.05, 0) is 55.2 Å². The van der Waals surface area contributed by atoms with Gasteiger partial charge >= 0.3 is 5.97 Å². The summed E-state index contributed by atoms with van der Waals surface area (Å²) < 4.78 is 10.5. The van der Waals surface area contributed by atoms with Crippen LogP contribution in [0.4, 0.5) is 5.69 Å². The average Bonchev–Trinajstić information content (AvgIpc) is 3.09. The monoisotopic (exact) mass is 353 g/mol. The van der Waals surface area contributed by atoms with Crippen molar-refractivity contribution in [2.24, 2.45) is 0 Å². The zero-order valence-corrected chi connectivity index (χ0v) is 15.2. The van der Waals surface area contributed by atoms with E-state index in [9.17, 15) is 9.59 Å². The Labute approximate surface area is 153 Å². The summed E-state index contributed by atoms with van der Waals surface area (Å²) >= 11 is 0. The van der Waals surface area contributed by atoms with Gasteiger partial charge in [0.05, 0.1) is 19.3 Å². The van der Waals surface area contributed by atoms with Crippen molar-refractivity contribution in [3.05, 3.63) is 59.2 Å². The maximum Gasteiger partial charge on any atom is 0.337 e. The van der Waals surface area contributed by atoms with Crippen LogP contribution in [-0.4, -0.2) is 32.1 Å². The first-order valence-electron chi connectivity index (χ1n) is 8.80. The minimum atomic E-state index is -0.356. The number of amides is 1. The molecule has 1 amide bonds. The third-order valence-corrected chi connectivity index (χ3v) is 4.58. The highest BCUT2D eigenvalue weighted by molar-refractivity contribution is 5.97. The van der Waals surface area contributed by atoms with Crippen LogP contribution in [0.25, 0.3) is 0 Å². The fourth-order valence-corrected chi connectivity index (χ4v) is 3.16. The molecule has 1 aliphatic heterocycles. The lowest BCUT2D eigenvalue weighted by Gasteiger charge is -2.17. The van der Waals surface area contributed by atoms with Crippen molar-refractivity contribution in [2.75, 3.05) is 25.2 Å². The van der Waals surface area contributed by atoms with Crippen molar-refractivity contribution in [3.8, 4) is 5.75 Å². The van der Waals surface area contributed by atoms with Gasteiger partial charge in [-0.3, -0.25) is 4.79 Å². The van der Waals surface area contributed by atoms with Crippen molar-refractivity contribution in [1.82, 2.24) is 0 Å². The number of anilines is 1. The second-order valence-electron chi connectivity index (χ2n) is 6.35. The molecule has 0 unspecified atom stereocenters. The third kappa shape index (κ3) is 3.87. The van der Waals surface area contributed by atoms with Crippen LogP contribution < -0.4 is 9.64 Å². The summed E-state index contributed by atoms with van der Waals surface area (Å²) in [6.45, 7) is 3.17. The number of methoxy groups -OCH3 is 1. The number of carbonyl (C=O) groups is 2. The Balaban J connectivity index is 1.54. The predicted molar refractivity (Wildman–Crippen MR) is 99.7 cm³/mol. The number of hydrogen-bond donors (Lipinski definition) is 0. The summed E-state index contributed by atoms with van der Waals surface area (Å²) in [6, 6.07) is 13.2. The molecule has 5 nitrogen and oxygen atoms in total. The number of benzene rings is 2. The Morgan fingerprint density at radius 2 is 1.96 bits per heavy atom. The number of nitrogens with zero attached hydrogens (tertiary/aromatic N) is 1. The molecule has 0 atom stereocenters. The van der Waals surface area contributed by atoms with E-state index in [1.165, 1.54) is 7.11 Å². The fourth-order valence-electron chi connectivity index (χ4n) is 3.16. The zero-order chi connectivity index (χ0) is 18.5. The number of carbonyl (C=O) groups excluding carboxylic acids is 2. The molecule has 0 bridgehead atoms. The van der Waals surface area contributed by atoms with Crippen LogP contribution in [0.15, 0.2) is 42.5 Å². The van der Waals surface area contributed by atoms with E-state index in [0.29, 0.717) is 31.6 Å². The van der Waals surface area contributed by atoms with Crippen LogP contribution in [0.5, 0.6) is 5.75 Å². The molecule has 0 radical (unpaired) electrons. The quantitative estimate of drug-likeness (QED) is 0.589. The summed E-state index contributed by atoms with van der Waals surface area (Å²) in [4.78, 5) is 26.0. The molecule has 2 aromatic carbocycles. The van der Waals surface area contributed by atoms with Crippen LogP contribution in [0.2, 0.25) is 0 Å². The molecule has 0 N–H and O–H groups in total. The summed E-state index contributed by atoms with van der Waals surface area (Å²) in [5.74, 6) is 0.593. The number of aryl methyl sites for hydroxylation is 1. The van der Waals surface area contributed by atoms with Gasteiger partial charge in [0, 0.05) is 18.7 Å². The van der Waals surface area contributed by atoms with Gasteiger partial charge < -0.3 is 14.4 Å². The molecule has 0 saturated heterocycles. The Hall–Kier alpha value is -2.82. The Morgan fingerprint density at radius 1 is 1.15 bits per heavy atom. The van der Waals surface area contributed by atoms with Crippen molar-refractivity contribution in [2.45, 2.75) is 26.2 Å². The first-order chi connectivity index (χ1) is 12.6. The molecule has 0 spiro atoms. The average molecular weight is 353 g/mol. The van der Waals surface area contributed by atoms with Gasteiger partial charge in [0.15, 0.2) is 0 Å². The van der Waals surface area contributed by atoms with E-state index in [-0.39, 0.29) is 11.9 Å². The molecule has 1 heterocycles. The van der Waals surface area contributed by atoms with E-state index in [1.54, 1.807) is 11.0 Å². The molecule has 0 fully saturated rings. The maximum absolute atomic E-state index is 12.5. The van der Waals surface area contributed by atoms with E-state index >= 15 is 0 Å². The second kappa shape index (κ2) is 8.04. The summed E-state index contributed by atoms with van der Waals surface area (Å²) in [7, 11) is 1.37. The molecule has 2 aromatic rings.